The Balaban J connectivity index is 1.87. The number of fused-ring (bicyclic) bond motifs is 5. The summed E-state index contributed by atoms with van der Waals surface area (Å²) in [7, 11) is 0. The Morgan fingerprint density at radius 2 is 1.71 bits per heavy atom. The van der Waals surface area contributed by atoms with E-state index in [4.69, 9.17) is 5.79 Å². The molecule has 0 saturated heterocycles. The zero-order valence-electron chi connectivity index (χ0n) is 14.0. The second-order valence-electron chi connectivity index (χ2n) is 6.00. The van der Waals surface area contributed by atoms with E-state index < -0.39 is 0 Å². The number of benzene rings is 3. The highest BCUT2D eigenvalue weighted by Crippen LogP contribution is 2.38. The predicted molar refractivity (Wildman–Crippen MR) is 99.2 cm³/mol. The van der Waals surface area contributed by atoms with Crippen molar-refractivity contribution in [3.05, 3.63) is 78.5 Å². The summed E-state index contributed by atoms with van der Waals surface area (Å²) in [6.07, 6.45) is 1.76. The summed E-state index contributed by atoms with van der Waals surface area (Å²) in [5, 5.41) is 4.50. The van der Waals surface area contributed by atoms with Crippen molar-refractivity contribution in [3.63, 3.8) is 0 Å². The lowest BCUT2D eigenvalue weighted by Gasteiger charge is -2.02. The molecular formula is C22H15NO. The molecule has 0 spiro atoms. The zero-order valence-corrected chi connectivity index (χ0v) is 13.0. The highest BCUT2D eigenvalue weighted by atomic mass is 16.3. The highest BCUT2D eigenvalue weighted by Gasteiger charge is 2.14. The molecule has 5 aromatic rings. The number of furan rings is 1. The summed E-state index contributed by atoms with van der Waals surface area (Å²) < 4.78 is 13.9. The average Bonchev–Trinajstić information content (AvgIpc) is 3.07. The van der Waals surface area contributed by atoms with E-state index >= 15 is 0 Å². The van der Waals surface area contributed by atoms with Gasteiger partial charge < -0.3 is 4.42 Å². The van der Waals surface area contributed by atoms with Gasteiger partial charge in [0, 0.05) is 29.3 Å². The Morgan fingerprint density at radius 3 is 2.67 bits per heavy atom. The van der Waals surface area contributed by atoms with Crippen LogP contribution in [-0.4, -0.2) is 4.98 Å². The molecule has 2 nitrogen and oxygen atoms in total. The third-order valence-corrected chi connectivity index (χ3v) is 4.49. The minimum Gasteiger partial charge on any atom is -0.455 e. The van der Waals surface area contributed by atoms with Gasteiger partial charge in [-0.25, -0.2) is 0 Å². The van der Waals surface area contributed by atoms with Crippen molar-refractivity contribution in [2.24, 2.45) is 0 Å². The van der Waals surface area contributed by atoms with Crippen molar-refractivity contribution >= 4 is 32.7 Å². The summed E-state index contributed by atoms with van der Waals surface area (Å²) in [6.45, 7) is 0.246. The Hall–Kier alpha value is -3.13. The topological polar surface area (TPSA) is 26.0 Å². The molecule has 0 fully saturated rings. The second-order valence-corrected chi connectivity index (χ2v) is 6.00. The molecule has 0 saturated carbocycles. The minimum atomic E-state index is 0.246. The number of hydrogen-bond acceptors (Lipinski definition) is 2. The molecule has 2 heterocycles. The van der Waals surface area contributed by atoms with E-state index in [9.17, 15) is 0 Å². The van der Waals surface area contributed by atoms with Crippen molar-refractivity contribution in [3.8, 4) is 11.3 Å². The maximum Gasteiger partial charge on any atom is 0.144 e. The number of para-hydroxylation sites is 1. The molecule has 2 heteroatoms. The smallest absolute Gasteiger partial charge is 0.144 e. The molecule has 24 heavy (non-hydrogen) atoms. The summed E-state index contributed by atoms with van der Waals surface area (Å²) >= 11 is 0. The van der Waals surface area contributed by atoms with Gasteiger partial charge in [0.25, 0.3) is 0 Å². The monoisotopic (exact) mass is 310 g/mol. The lowest BCUT2D eigenvalue weighted by atomic mass is 10.0. The van der Waals surface area contributed by atoms with Crippen LogP contribution in [0.3, 0.4) is 0 Å². The van der Waals surface area contributed by atoms with Crippen molar-refractivity contribution in [2.45, 2.75) is 6.90 Å². The second kappa shape index (κ2) is 4.93. The first kappa shape index (κ1) is 12.3. The van der Waals surface area contributed by atoms with Gasteiger partial charge in [0.1, 0.15) is 11.2 Å². The van der Waals surface area contributed by atoms with Crippen LogP contribution in [0, 0.1) is 6.90 Å². The fourth-order valence-corrected chi connectivity index (χ4v) is 3.35. The quantitative estimate of drug-likeness (QED) is 0.373. The van der Waals surface area contributed by atoms with Gasteiger partial charge >= 0.3 is 0 Å². The van der Waals surface area contributed by atoms with Gasteiger partial charge in [-0.2, -0.15) is 0 Å². The molecular weight excluding hydrogens is 294 g/mol. The SMILES string of the molecule is [2H]Cc1ccnc(-c2cccc3c2oc2c4ccccc4ccc32)c1. The van der Waals surface area contributed by atoms with Crippen molar-refractivity contribution in [2.75, 3.05) is 0 Å². The largest absolute Gasteiger partial charge is 0.455 e. The molecule has 0 amide bonds. The summed E-state index contributed by atoms with van der Waals surface area (Å²) in [5.41, 5.74) is 4.52. The molecule has 5 rings (SSSR count). The first-order valence-corrected chi connectivity index (χ1v) is 7.93. The van der Waals surface area contributed by atoms with Crippen LogP contribution in [0.4, 0.5) is 0 Å². The number of aromatic nitrogens is 1. The van der Waals surface area contributed by atoms with Crippen molar-refractivity contribution in [1.29, 1.82) is 0 Å². The maximum atomic E-state index is 7.59. The van der Waals surface area contributed by atoms with Crippen LogP contribution in [-0.2, 0) is 0 Å². The van der Waals surface area contributed by atoms with Crippen molar-refractivity contribution < 1.29 is 5.79 Å². The van der Waals surface area contributed by atoms with Crippen LogP contribution in [0.1, 0.15) is 6.93 Å². The van der Waals surface area contributed by atoms with Gasteiger partial charge in [-0.1, -0.05) is 42.5 Å². The lowest BCUT2D eigenvalue weighted by molar-refractivity contribution is 0.673. The number of rotatable bonds is 1. The van der Waals surface area contributed by atoms with Crippen molar-refractivity contribution in [1.82, 2.24) is 4.98 Å². The molecule has 0 bridgehead atoms. The van der Waals surface area contributed by atoms with E-state index in [-0.39, 0.29) is 6.90 Å². The lowest BCUT2D eigenvalue weighted by Crippen LogP contribution is -1.84. The molecule has 0 atom stereocenters. The number of hydrogen-bond donors (Lipinski definition) is 0. The first-order valence-electron chi connectivity index (χ1n) is 8.63. The van der Waals surface area contributed by atoms with Gasteiger partial charge in [-0.05, 0) is 42.1 Å². The molecule has 0 radical (unpaired) electrons. The van der Waals surface area contributed by atoms with Gasteiger partial charge in [-0.3, -0.25) is 4.98 Å². The fraction of sp³-hybridized carbons (Fsp3) is 0.0455. The molecule has 0 aliphatic heterocycles. The number of nitrogens with zero attached hydrogens (tertiary/aromatic N) is 1. The van der Waals surface area contributed by atoms with Crippen LogP contribution in [0.5, 0.6) is 0 Å². The van der Waals surface area contributed by atoms with Gasteiger partial charge in [0.05, 0.1) is 5.69 Å². The van der Waals surface area contributed by atoms with E-state index in [0.29, 0.717) is 0 Å². The standard InChI is InChI=1S/C22H15NO/c1-14-11-12-23-20(13-14)19-8-4-7-17-18-10-9-15-5-2-3-6-16(15)21(18)24-22(17)19/h2-13H,1H3/i1D. The van der Waals surface area contributed by atoms with E-state index in [1.165, 1.54) is 5.39 Å². The van der Waals surface area contributed by atoms with Gasteiger partial charge in [-0.15, -0.1) is 0 Å². The molecule has 114 valence electrons. The molecule has 2 aromatic heterocycles. The third kappa shape index (κ3) is 1.86. The molecule has 0 N–H and O–H groups in total. The van der Waals surface area contributed by atoms with E-state index in [1.54, 1.807) is 6.20 Å². The van der Waals surface area contributed by atoms with Crippen LogP contribution in [0.25, 0.3) is 44.0 Å². The van der Waals surface area contributed by atoms with Gasteiger partial charge in [0.15, 0.2) is 0 Å². The fourth-order valence-electron chi connectivity index (χ4n) is 3.35. The molecule has 3 aromatic carbocycles. The molecule has 0 aliphatic carbocycles. The molecule has 0 unspecified atom stereocenters. The highest BCUT2D eigenvalue weighted by molar-refractivity contribution is 6.17. The molecule has 0 aliphatic rings. The minimum absolute atomic E-state index is 0.246. The van der Waals surface area contributed by atoms with E-state index in [0.717, 1.165) is 44.1 Å². The zero-order chi connectivity index (χ0) is 16.8. The predicted octanol–water partition coefficient (Wildman–Crippen LogP) is 6.11. The summed E-state index contributed by atoms with van der Waals surface area (Å²) in [4.78, 5) is 4.50. The normalized spacial score (nSPS) is 12.1. The summed E-state index contributed by atoms with van der Waals surface area (Å²) in [6, 6.07) is 22.5. The maximum absolute atomic E-state index is 7.59. The number of pyridine rings is 1. The van der Waals surface area contributed by atoms with Gasteiger partial charge in [0.2, 0.25) is 0 Å². The van der Waals surface area contributed by atoms with E-state index in [2.05, 4.69) is 35.3 Å². The van der Waals surface area contributed by atoms with Crippen LogP contribution in [0.2, 0.25) is 0 Å². The van der Waals surface area contributed by atoms with Crippen LogP contribution < -0.4 is 0 Å². The van der Waals surface area contributed by atoms with Crippen LogP contribution in [0.15, 0.2) is 77.3 Å². The van der Waals surface area contributed by atoms with Crippen LogP contribution >= 0.6 is 0 Å². The Bertz CT molecular complexity index is 1240. The average molecular weight is 310 g/mol. The Kier molecular flexibility index (Phi) is 2.53. The third-order valence-electron chi connectivity index (χ3n) is 4.49. The first-order chi connectivity index (χ1) is 12.3. The summed E-state index contributed by atoms with van der Waals surface area (Å²) in [5.74, 6) is 0. The van der Waals surface area contributed by atoms with E-state index in [1.807, 2.05) is 36.4 Å². The Morgan fingerprint density at radius 1 is 0.833 bits per heavy atom. The Labute approximate surface area is 140 Å². The number of aryl methyl sites for hydroxylation is 1.